The summed E-state index contributed by atoms with van der Waals surface area (Å²) in [5, 5.41) is 2.95. The number of fused-ring (bicyclic) bond motifs is 1. The van der Waals surface area contributed by atoms with Crippen LogP contribution < -0.4 is 9.64 Å². The number of hydrogen-bond acceptors (Lipinski definition) is 4. The fraction of sp³-hybridized carbons (Fsp3) is 0.333. The van der Waals surface area contributed by atoms with E-state index in [9.17, 15) is 4.79 Å². The normalized spacial score (nSPS) is 17.5. The molecular formula is C15H15ClN2O2S. The van der Waals surface area contributed by atoms with Crippen LogP contribution in [0.3, 0.4) is 0 Å². The van der Waals surface area contributed by atoms with Crippen molar-refractivity contribution in [3.8, 4) is 5.75 Å². The Morgan fingerprint density at radius 3 is 3.00 bits per heavy atom. The molecule has 2 heterocycles. The summed E-state index contributed by atoms with van der Waals surface area (Å²) in [4.78, 5) is 18.5. The van der Waals surface area contributed by atoms with E-state index >= 15 is 0 Å². The zero-order valence-corrected chi connectivity index (χ0v) is 13.2. The summed E-state index contributed by atoms with van der Waals surface area (Å²) in [6.07, 6.45) is 0.267. The molecular weight excluding hydrogens is 308 g/mol. The number of halogens is 1. The van der Waals surface area contributed by atoms with Gasteiger partial charge in [0.25, 0.3) is 5.91 Å². The van der Waals surface area contributed by atoms with Gasteiger partial charge in [-0.1, -0.05) is 12.1 Å². The molecule has 21 heavy (non-hydrogen) atoms. The highest BCUT2D eigenvalue weighted by atomic mass is 35.5. The van der Waals surface area contributed by atoms with Gasteiger partial charge in [-0.05, 0) is 19.1 Å². The van der Waals surface area contributed by atoms with Gasteiger partial charge in [-0.3, -0.25) is 4.79 Å². The first-order valence-electron chi connectivity index (χ1n) is 6.75. The van der Waals surface area contributed by atoms with Crippen molar-refractivity contribution in [3.05, 3.63) is 40.3 Å². The number of aromatic nitrogens is 1. The van der Waals surface area contributed by atoms with Gasteiger partial charge in [-0.2, -0.15) is 0 Å². The van der Waals surface area contributed by atoms with Gasteiger partial charge in [0, 0.05) is 18.3 Å². The summed E-state index contributed by atoms with van der Waals surface area (Å²) < 4.78 is 5.63. The van der Waals surface area contributed by atoms with Crippen molar-refractivity contribution in [1.29, 1.82) is 0 Å². The topological polar surface area (TPSA) is 42.4 Å². The standard InChI is InChI=1S/C15H15ClN2O2S/c1-10-15(19)18(12-4-2-3-5-13(12)20-10)7-6-14-17-11(8-16)9-21-14/h2-5,9-10H,6-8H2,1H3. The lowest BCUT2D eigenvalue weighted by atomic mass is 10.2. The van der Waals surface area contributed by atoms with Gasteiger partial charge in [-0.15, -0.1) is 22.9 Å². The first-order chi connectivity index (χ1) is 10.2. The summed E-state index contributed by atoms with van der Waals surface area (Å²) >= 11 is 7.34. The Bertz CT molecular complexity index is 659. The number of carbonyl (C=O) groups is 1. The molecule has 110 valence electrons. The summed E-state index contributed by atoms with van der Waals surface area (Å²) in [5.74, 6) is 1.17. The first kappa shape index (κ1) is 14.4. The molecule has 0 spiro atoms. The molecule has 1 atom stereocenters. The maximum absolute atomic E-state index is 12.3. The zero-order valence-electron chi connectivity index (χ0n) is 11.6. The molecule has 0 bridgehead atoms. The molecule has 0 fully saturated rings. The minimum Gasteiger partial charge on any atom is -0.479 e. The molecule has 1 amide bonds. The number of ether oxygens (including phenoxy) is 1. The number of thiazole rings is 1. The van der Waals surface area contributed by atoms with Crippen LogP contribution >= 0.6 is 22.9 Å². The van der Waals surface area contributed by atoms with Gasteiger partial charge >= 0.3 is 0 Å². The number of benzene rings is 1. The third-order valence-corrected chi connectivity index (χ3v) is 4.59. The Hall–Kier alpha value is -1.59. The molecule has 1 aliphatic rings. The second-order valence-electron chi connectivity index (χ2n) is 4.83. The Kier molecular flexibility index (Phi) is 4.12. The molecule has 1 unspecified atom stereocenters. The summed E-state index contributed by atoms with van der Waals surface area (Å²) in [6.45, 7) is 2.37. The lowest BCUT2D eigenvalue weighted by Gasteiger charge is -2.32. The maximum Gasteiger partial charge on any atom is 0.267 e. The smallest absolute Gasteiger partial charge is 0.267 e. The Labute approximate surface area is 132 Å². The lowest BCUT2D eigenvalue weighted by molar-refractivity contribution is -0.125. The van der Waals surface area contributed by atoms with Crippen LogP contribution in [0.15, 0.2) is 29.6 Å². The number of rotatable bonds is 4. The largest absolute Gasteiger partial charge is 0.479 e. The maximum atomic E-state index is 12.3. The highest BCUT2D eigenvalue weighted by molar-refractivity contribution is 7.09. The number of para-hydroxylation sites is 2. The Morgan fingerprint density at radius 2 is 2.24 bits per heavy atom. The molecule has 6 heteroatoms. The molecule has 0 saturated heterocycles. The number of carbonyl (C=O) groups excluding carboxylic acids is 1. The van der Waals surface area contributed by atoms with Gasteiger partial charge in [0.15, 0.2) is 6.10 Å². The van der Waals surface area contributed by atoms with Gasteiger partial charge < -0.3 is 9.64 Å². The van der Waals surface area contributed by atoms with E-state index in [4.69, 9.17) is 16.3 Å². The Balaban J connectivity index is 1.78. The van der Waals surface area contributed by atoms with E-state index in [-0.39, 0.29) is 5.91 Å². The second kappa shape index (κ2) is 6.03. The third-order valence-electron chi connectivity index (χ3n) is 3.36. The van der Waals surface area contributed by atoms with Gasteiger partial charge in [0.1, 0.15) is 5.75 Å². The highest BCUT2D eigenvalue weighted by Gasteiger charge is 2.30. The van der Waals surface area contributed by atoms with Crippen molar-refractivity contribution in [2.75, 3.05) is 11.4 Å². The van der Waals surface area contributed by atoms with E-state index in [1.165, 1.54) is 0 Å². The first-order valence-corrected chi connectivity index (χ1v) is 8.17. The Morgan fingerprint density at radius 1 is 1.43 bits per heavy atom. The van der Waals surface area contributed by atoms with E-state index in [0.717, 1.165) is 22.1 Å². The molecule has 0 saturated carbocycles. The van der Waals surface area contributed by atoms with Crippen LogP contribution in [0.2, 0.25) is 0 Å². The molecule has 1 aromatic heterocycles. The minimum atomic E-state index is -0.449. The van der Waals surface area contributed by atoms with E-state index in [2.05, 4.69) is 4.98 Å². The van der Waals surface area contributed by atoms with E-state index < -0.39 is 6.10 Å². The van der Waals surface area contributed by atoms with Crippen molar-refractivity contribution in [3.63, 3.8) is 0 Å². The van der Waals surface area contributed by atoms with Crippen LogP contribution in [-0.4, -0.2) is 23.5 Å². The molecule has 1 aromatic carbocycles. The van der Waals surface area contributed by atoms with Crippen molar-refractivity contribution in [1.82, 2.24) is 4.98 Å². The molecule has 0 radical (unpaired) electrons. The molecule has 2 aromatic rings. The van der Waals surface area contributed by atoms with Crippen LogP contribution in [0, 0.1) is 0 Å². The molecule has 3 rings (SSSR count). The van der Waals surface area contributed by atoms with Crippen LogP contribution in [0.25, 0.3) is 0 Å². The lowest BCUT2D eigenvalue weighted by Crippen LogP contribution is -2.45. The van der Waals surface area contributed by atoms with Crippen LogP contribution in [-0.2, 0) is 17.1 Å². The van der Waals surface area contributed by atoms with Crippen molar-refractivity contribution in [2.45, 2.75) is 25.3 Å². The van der Waals surface area contributed by atoms with Crippen LogP contribution in [0.4, 0.5) is 5.69 Å². The third kappa shape index (κ3) is 2.89. The molecule has 1 aliphatic heterocycles. The highest BCUT2D eigenvalue weighted by Crippen LogP contribution is 2.33. The number of anilines is 1. The predicted molar refractivity (Wildman–Crippen MR) is 84.3 cm³/mol. The van der Waals surface area contributed by atoms with Crippen molar-refractivity contribution >= 4 is 34.5 Å². The summed E-state index contributed by atoms with van der Waals surface area (Å²) in [6, 6.07) is 7.62. The van der Waals surface area contributed by atoms with Crippen LogP contribution in [0.1, 0.15) is 17.6 Å². The monoisotopic (exact) mass is 322 g/mol. The fourth-order valence-corrected chi connectivity index (χ4v) is 3.34. The van der Waals surface area contributed by atoms with E-state index in [1.54, 1.807) is 23.2 Å². The summed E-state index contributed by atoms with van der Waals surface area (Å²) in [7, 11) is 0. The molecule has 0 N–H and O–H groups in total. The second-order valence-corrected chi connectivity index (χ2v) is 6.04. The zero-order chi connectivity index (χ0) is 14.8. The minimum absolute atomic E-state index is 0.0113. The van der Waals surface area contributed by atoms with Crippen molar-refractivity contribution < 1.29 is 9.53 Å². The van der Waals surface area contributed by atoms with Gasteiger partial charge in [0.05, 0.1) is 22.3 Å². The van der Waals surface area contributed by atoms with E-state index in [0.29, 0.717) is 18.8 Å². The summed E-state index contributed by atoms with van der Waals surface area (Å²) in [5.41, 5.74) is 1.72. The molecule has 4 nitrogen and oxygen atoms in total. The average Bonchev–Trinajstić information content (AvgIpc) is 2.96. The van der Waals surface area contributed by atoms with Gasteiger partial charge in [0.2, 0.25) is 0 Å². The number of hydrogen-bond donors (Lipinski definition) is 0. The molecule has 0 aliphatic carbocycles. The number of nitrogens with zero attached hydrogens (tertiary/aromatic N) is 2. The van der Waals surface area contributed by atoms with Crippen LogP contribution in [0.5, 0.6) is 5.75 Å². The fourth-order valence-electron chi connectivity index (χ4n) is 2.32. The number of alkyl halides is 1. The van der Waals surface area contributed by atoms with Gasteiger partial charge in [-0.25, -0.2) is 4.98 Å². The SMILES string of the molecule is CC1Oc2ccccc2N(CCc2nc(CCl)cs2)C1=O. The number of amides is 1. The van der Waals surface area contributed by atoms with E-state index in [1.807, 2.05) is 29.6 Å². The average molecular weight is 323 g/mol. The quantitative estimate of drug-likeness (QED) is 0.812. The van der Waals surface area contributed by atoms with Crippen molar-refractivity contribution in [2.24, 2.45) is 0 Å². The predicted octanol–water partition coefficient (Wildman–Crippen LogP) is 3.24.